The number of hydrogen-bond donors (Lipinski definition) is 1. The van der Waals surface area contributed by atoms with Gasteiger partial charge in [0.15, 0.2) is 0 Å². The molecule has 0 unspecified atom stereocenters. The van der Waals surface area contributed by atoms with E-state index < -0.39 is 5.54 Å². The van der Waals surface area contributed by atoms with E-state index in [0.717, 1.165) is 24.8 Å². The average Bonchev–Trinajstić information content (AvgIpc) is 2.41. The highest BCUT2D eigenvalue weighted by Crippen LogP contribution is 2.31. The van der Waals surface area contributed by atoms with Crippen LogP contribution in [0.4, 0.5) is 0 Å². The maximum absolute atomic E-state index is 12.4. The van der Waals surface area contributed by atoms with Crippen LogP contribution in [0.5, 0.6) is 0 Å². The van der Waals surface area contributed by atoms with Gasteiger partial charge in [0.25, 0.3) is 0 Å². The number of hydrogen-bond acceptors (Lipinski definition) is 4. The fourth-order valence-electron chi connectivity index (χ4n) is 2.24. The second kappa shape index (κ2) is 5.81. The maximum atomic E-state index is 12.4. The topological polar surface area (TPSA) is 83.0 Å². The van der Waals surface area contributed by atoms with E-state index in [-0.39, 0.29) is 5.91 Å². The molecule has 0 aliphatic heterocycles. The van der Waals surface area contributed by atoms with Crippen molar-refractivity contribution in [3.8, 4) is 6.07 Å². The molecule has 100 valence electrons. The lowest BCUT2D eigenvalue weighted by atomic mass is 9.76. The first-order valence-electron chi connectivity index (χ1n) is 6.50. The molecule has 0 bridgehead atoms. The third kappa shape index (κ3) is 3.09. The number of carbonyl (C=O) groups is 1. The Morgan fingerprint density at radius 2 is 2.37 bits per heavy atom. The molecular weight excluding hydrogens is 240 g/mol. The molecular formula is C14H18N4O. The quantitative estimate of drug-likeness (QED) is 0.860. The molecule has 19 heavy (non-hydrogen) atoms. The molecule has 1 amide bonds. The molecule has 0 spiro atoms. The molecule has 0 saturated heterocycles. The Kier molecular flexibility index (Phi) is 4.13. The molecule has 1 saturated carbocycles. The highest BCUT2D eigenvalue weighted by molar-refractivity contribution is 5.87. The van der Waals surface area contributed by atoms with Crippen LogP contribution in [0.15, 0.2) is 24.5 Å². The summed E-state index contributed by atoms with van der Waals surface area (Å²) in [6, 6.07) is 5.83. The third-order valence-electron chi connectivity index (χ3n) is 3.55. The number of nitriles is 1. The summed E-state index contributed by atoms with van der Waals surface area (Å²) in [5.41, 5.74) is 6.33. The van der Waals surface area contributed by atoms with Crippen LogP contribution in [0, 0.1) is 11.3 Å². The molecule has 1 heterocycles. The van der Waals surface area contributed by atoms with Crippen molar-refractivity contribution < 1.29 is 4.79 Å². The van der Waals surface area contributed by atoms with E-state index in [0.29, 0.717) is 19.5 Å². The minimum absolute atomic E-state index is 0.0437. The smallest absolute Gasteiger partial charge is 0.242 e. The molecule has 0 atom stereocenters. The maximum Gasteiger partial charge on any atom is 0.242 e. The van der Waals surface area contributed by atoms with Gasteiger partial charge in [-0.3, -0.25) is 9.78 Å². The van der Waals surface area contributed by atoms with Gasteiger partial charge in [-0.05, 0) is 30.9 Å². The molecule has 2 rings (SSSR count). The summed E-state index contributed by atoms with van der Waals surface area (Å²) in [7, 11) is 0. The van der Waals surface area contributed by atoms with Crippen LogP contribution in [0.2, 0.25) is 0 Å². The fraction of sp³-hybridized carbons (Fsp3) is 0.500. The summed E-state index contributed by atoms with van der Waals surface area (Å²) < 4.78 is 0. The Labute approximate surface area is 113 Å². The summed E-state index contributed by atoms with van der Waals surface area (Å²) in [4.78, 5) is 18.1. The van der Waals surface area contributed by atoms with Crippen LogP contribution >= 0.6 is 0 Å². The Hall–Kier alpha value is -1.93. The summed E-state index contributed by atoms with van der Waals surface area (Å²) in [5, 5.41) is 8.71. The monoisotopic (exact) mass is 258 g/mol. The lowest BCUT2D eigenvalue weighted by molar-refractivity contribution is -0.140. The second-order valence-corrected chi connectivity index (χ2v) is 5.01. The van der Waals surface area contributed by atoms with Crippen molar-refractivity contribution in [3.63, 3.8) is 0 Å². The average molecular weight is 258 g/mol. The molecule has 0 aromatic carbocycles. The van der Waals surface area contributed by atoms with Gasteiger partial charge < -0.3 is 10.6 Å². The van der Waals surface area contributed by atoms with Crippen molar-refractivity contribution in [1.82, 2.24) is 9.88 Å². The van der Waals surface area contributed by atoms with Gasteiger partial charge in [0.2, 0.25) is 5.91 Å². The van der Waals surface area contributed by atoms with Crippen LogP contribution in [-0.4, -0.2) is 27.9 Å². The van der Waals surface area contributed by atoms with Crippen LogP contribution in [-0.2, 0) is 11.3 Å². The van der Waals surface area contributed by atoms with E-state index >= 15 is 0 Å². The van der Waals surface area contributed by atoms with Gasteiger partial charge in [-0.2, -0.15) is 5.26 Å². The summed E-state index contributed by atoms with van der Waals surface area (Å²) >= 11 is 0. The number of nitrogens with zero attached hydrogens (tertiary/aromatic N) is 3. The lowest BCUT2D eigenvalue weighted by Crippen LogP contribution is -2.59. The van der Waals surface area contributed by atoms with Gasteiger partial charge in [-0.25, -0.2) is 0 Å². The minimum atomic E-state index is -0.711. The molecule has 5 heteroatoms. The van der Waals surface area contributed by atoms with Crippen molar-refractivity contribution in [2.24, 2.45) is 5.73 Å². The fourth-order valence-corrected chi connectivity index (χ4v) is 2.24. The Morgan fingerprint density at radius 3 is 2.89 bits per heavy atom. The third-order valence-corrected chi connectivity index (χ3v) is 3.55. The molecule has 0 radical (unpaired) electrons. The van der Waals surface area contributed by atoms with Gasteiger partial charge in [-0.15, -0.1) is 0 Å². The van der Waals surface area contributed by atoms with Gasteiger partial charge >= 0.3 is 0 Å². The van der Waals surface area contributed by atoms with E-state index in [9.17, 15) is 4.79 Å². The molecule has 1 aromatic rings. The summed E-state index contributed by atoms with van der Waals surface area (Å²) in [6.07, 6.45) is 6.23. The van der Waals surface area contributed by atoms with E-state index in [1.807, 2.05) is 12.1 Å². The van der Waals surface area contributed by atoms with Crippen LogP contribution in [0.25, 0.3) is 0 Å². The van der Waals surface area contributed by atoms with E-state index in [1.165, 1.54) is 0 Å². The van der Waals surface area contributed by atoms with Crippen molar-refractivity contribution in [1.29, 1.82) is 5.26 Å². The highest BCUT2D eigenvalue weighted by atomic mass is 16.2. The lowest BCUT2D eigenvalue weighted by Gasteiger charge is -2.40. The SMILES string of the molecule is N#CCCN(Cc1cccnc1)C(=O)C1(N)CCC1. The normalized spacial score (nSPS) is 16.2. The van der Waals surface area contributed by atoms with Gasteiger partial charge in [0, 0.05) is 25.5 Å². The van der Waals surface area contributed by atoms with E-state index in [1.54, 1.807) is 17.3 Å². The van der Waals surface area contributed by atoms with Crippen LogP contribution in [0.3, 0.4) is 0 Å². The Balaban J connectivity index is 2.07. The zero-order valence-corrected chi connectivity index (χ0v) is 10.9. The number of pyridine rings is 1. The van der Waals surface area contributed by atoms with Gasteiger partial charge in [0.1, 0.15) is 0 Å². The number of carbonyl (C=O) groups excluding carboxylic acids is 1. The predicted octanol–water partition coefficient (Wildman–Crippen LogP) is 1.21. The molecule has 5 nitrogen and oxygen atoms in total. The first-order chi connectivity index (χ1) is 9.15. The zero-order chi connectivity index (χ0) is 13.7. The molecule has 1 aromatic heterocycles. The number of rotatable bonds is 5. The first-order valence-corrected chi connectivity index (χ1v) is 6.50. The van der Waals surface area contributed by atoms with E-state index in [4.69, 9.17) is 11.0 Å². The van der Waals surface area contributed by atoms with Crippen molar-refractivity contribution >= 4 is 5.91 Å². The number of nitrogens with two attached hydrogens (primary N) is 1. The van der Waals surface area contributed by atoms with Gasteiger partial charge in [0.05, 0.1) is 18.0 Å². The number of aromatic nitrogens is 1. The largest absolute Gasteiger partial charge is 0.336 e. The first kappa shape index (κ1) is 13.5. The van der Waals surface area contributed by atoms with Crippen molar-refractivity contribution in [2.45, 2.75) is 37.8 Å². The molecule has 1 fully saturated rings. The number of amides is 1. The zero-order valence-electron chi connectivity index (χ0n) is 10.9. The van der Waals surface area contributed by atoms with Crippen molar-refractivity contribution in [2.75, 3.05) is 6.54 Å². The Bertz CT molecular complexity index is 476. The highest BCUT2D eigenvalue weighted by Gasteiger charge is 2.42. The molecule has 1 aliphatic rings. The summed E-state index contributed by atoms with van der Waals surface area (Å²) in [5.74, 6) is -0.0437. The minimum Gasteiger partial charge on any atom is -0.336 e. The van der Waals surface area contributed by atoms with Gasteiger partial charge in [-0.1, -0.05) is 6.07 Å². The Morgan fingerprint density at radius 1 is 1.58 bits per heavy atom. The van der Waals surface area contributed by atoms with E-state index in [2.05, 4.69) is 11.1 Å². The van der Waals surface area contributed by atoms with Crippen LogP contribution < -0.4 is 5.73 Å². The molecule has 2 N–H and O–H groups in total. The second-order valence-electron chi connectivity index (χ2n) is 5.01. The predicted molar refractivity (Wildman–Crippen MR) is 70.7 cm³/mol. The van der Waals surface area contributed by atoms with Crippen LogP contribution in [0.1, 0.15) is 31.2 Å². The standard InChI is InChI=1S/C14H18N4O/c15-7-3-9-18(11-12-4-1-8-17-10-12)13(19)14(16)5-2-6-14/h1,4,8,10H,2-3,5-6,9,11,16H2. The summed E-state index contributed by atoms with van der Waals surface area (Å²) in [6.45, 7) is 0.885. The van der Waals surface area contributed by atoms with Crippen molar-refractivity contribution in [3.05, 3.63) is 30.1 Å². The molecule has 1 aliphatic carbocycles.